The molecule has 0 radical (unpaired) electrons. The Balaban J connectivity index is 2.35. The van der Waals surface area contributed by atoms with Crippen molar-refractivity contribution in [3.05, 3.63) is 34.0 Å². The first-order chi connectivity index (χ1) is 9.65. The van der Waals surface area contributed by atoms with Gasteiger partial charge in [0.2, 0.25) is 5.75 Å². The minimum atomic E-state index is 0.566. The zero-order valence-corrected chi connectivity index (χ0v) is 13.4. The molecular weight excluding hydrogens is 344 g/mol. The molecule has 1 heterocycles. The first-order valence-corrected chi connectivity index (χ1v) is 7.17. The minimum absolute atomic E-state index is 0.566. The highest BCUT2D eigenvalue weighted by Crippen LogP contribution is 2.34. The lowest BCUT2D eigenvalue weighted by Gasteiger charge is -2.14. The van der Waals surface area contributed by atoms with Gasteiger partial charge in [0, 0.05) is 16.0 Å². The van der Waals surface area contributed by atoms with Gasteiger partial charge in [-0.15, -0.1) is 0 Å². The number of anilines is 3. The Morgan fingerprint density at radius 3 is 2.70 bits per heavy atom. The smallest absolute Gasteiger partial charge is 0.204 e. The van der Waals surface area contributed by atoms with Crippen molar-refractivity contribution in [1.29, 1.82) is 0 Å². The van der Waals surface area contributed by atoms with Crippen molar-refractivity contribution in [3.8, 4) is 5.75 Å². The summed E-state index contributed by atoms with van der Waals surface area (Å²) < 4.78 is 6.22. The Morgan fingerprint density at radius 2 is 2.05 bits per heavy atom. The molecule has 0 bridgehead atoms. The van der Waals surface area contributed by atoms with Crippen LogP contribution in [0.4, 0.5) is 17.3 Å². The summed E-state index contributed by atoms with van der Waals surface area (Å²) in [7, 11) is 1.58. The number of halogens is 2. The lowest BCUT2D eigenvalue weighted by atomic mass is 10.3. The predicted octanol–water partition coefficient (Wildman–Crippen LogP) is 4.08. The Bertz CT molecular complexity index is 609. The number of ether oxygens (including phenoxy) is 1. The number of methoxy groups -OCH3 is 1. The fourth-order valence-electron chi connectivity index (χ4n) is 1.67. The van der Waals surface area contributed by atoms with Crippen molar-refractivity contribution in [2.75, 3.05) is 24.3 Å². The van der Waals surface area contributed by atoms with Crippen LogP contribution in [-0.2, 0) is 0 Å². The van der Waals surface area contributed by atoms with Gasteiger partial charge in [-0.3, -0.25) is 0 Å². The van der Waals surface area contributed by atoms with E-state index in [4.69, 9.17) is 16.3 Å². The summed E-state index contributed by atoms with van der Waals surface area (Å²) in [5.41, 5.74) is 0.842. The standard InChI is InChI=1S/C13H14BrClN4O/c1-3-16-12-11(20-2)13(18-7-17-12)19-10-5-4-8(15)6-9(10)14/h4-7H,3H2,1-2H3,(H2,16,17,18,19). The van der Waals surface area contributed by atoms with Crippen LogP contribution in [-0.4, -0.2) is 23.6 Å². The van der Waals surface area contributed by atoms with Gasteiger partial charge in [-0.1, -0.05) is 11.6 Å². The van der Waals surface area contributed by atoms with Crippen LogP contribution in [0.3, 0.4) is 0 Å². The van der Waals surface area contributed by atoms with Gasteiger partial charge in [-0.05, 0) is 41.1 Å². The molecule has 20 heavy (non-hydrogen) atoms. The molecule has 2 aromatic rings. The van der Waals surface area contributed by atoms with Crippen molar-refractivity contribution in [1.82, 2.24) is 9.97 Å². The number of aromatic nitrogens is 2. The lowest BCUT2D eigenvalue weighted by molar-refractivity contribution is 0.415. The molecule has 0 aliphatic heterocycles. The second-order valence-corrected chi connectivity index (χ2v) is 5.17. The van der Waals surface area contributed by atoms with Crippen molar-refractivity contribution >= 4 is 44.9 Å². The Kier molecular flexibility index (Phi) is 5.03. The molecular formula is C13H14BrClN4O. The Labute approximate surface area is 130 Å². The summed E-state index contributed by atoms with van der Waals surface area (Å²) >= 11 is 9.38. The molecule has 1 aromatic carbocycles. The van der Waals surface area contributed by atoms with Crippen LogP contribution < -0.4 is 15.4 Å². The topological polar surface area (TPSA) is 59.1 Å². The molecule has 2 rings (SSSR count). The van der Waals surface area contributed by atoms with E-state index in [9.17, 15) is 0 Å². The Morgan fingerprint density at radius 1 is 1.30 bits per heavy atom. The summed E-state index contributed by atoms with van der Waals surface area (Å²) in [6.45, 7) is 2.74. The van der Waals surface area contributed by atoms with Crippen molar-refractivity contribution < 1.29 is 4.74 Å². The van der Waals surface area contributed by atoms with Crippen LogP contribution >= 0.6 is 27.5 Å². The molecule has 0 unspecified atom stereocenters. The van der Waals surface area contributed by atoms with Crippen molar-refractivity contribution in [2.24, 2.45) is 0 Å². The maximum absolute atomic E-state index is 5.93. The third kappa shape index (κ3) is 3.32. The van der Waals surface area contributed by atoms with E-state index in [1.54, 1.807) is 13.2 Å². The van der Waals surface area contributed by atoms with Crippen LogP contribution in [0.1, 0.15) is 6.92 Å². The summed E-state index contributed by atoms with van der Waals surface area (Å²) in [4.78, 5) is 8.37. The Hall–Kier alpha value is -1.53. The highest BCUT2D eigenvalue weighted by Gasteiger charge is 2.12. The first-order valence-electron chi connectivity index (χ1n) is 6.00. The highest BCUT2D eigenvalue weighted by atomic mass is 79.9. The molecule has 1 aromatic heterocycles. The van der Waals surface area contributed by atoms with Gasteiger partial charge in [-0.2, -0.15) is 0 Å². The number of rotatable bonds is 5. The zero-order chi connectivity index (χ0) is 14.5. The molecule has 106 valence electrons. The van der Waals surface area contributed by atoms with Gasteiger partial charge in [0.25, 0.3) is 0 Å². The molecule has 0 atom stereocenters. The van der Waals surface area contributed by atoms with Crippen molar-refractivity contribution in [2.45, 2.75) is 6.92 Å². The van der Waals surface area contributed by atoms with Crippen LogP contribution in [0, 0.1) is 0 Å². The maximum Gasteiger partial charge on any atom is 0.204 e. The molecule has 0 aliphatic rings. The van der Waals surface area contributed by atoms with Gasteiger partial charge in [0.15, 0.2) is 11.6 Å². The average molecular weight is 358 g/mol. The summed E-state index contributed by atoms with van der Waals surface area (Å²) in [5.74, 6) is 1.80. The largest absolute Gasteiger partial charge is 0.490 e. The number of hydrogen-bond acceptors (Lipinski definition) is 5. The predicted molar refractivity (Wildman–Crippen MR) is 85.2 cm³/mol. The molecule has 0 fully saturated rings. The van der Waals surface area contributed by atoms with Crippen LogP contribution in [0.25, 0.3) is 0 Å². The van der Waals surface area contributed by atoms with E-state index >= 15 is 0 Å². The van der Waals surface area contributed by atoms with E-state index < -0.39 is 0 Å². The minimum Gasteiger partial charge on any atom is -0.490 e. The number of hydrogen-bond donors (Lipinski definition) is 2. The van der Waals surface area contributed by atoms with Gasteiger partial charge < -0.3 is 15.4 Å². The van der Waals surface area contributed by atoms with E-state index in [-0.39, 0.29) is 0 Å². The third-order valence-corrected chi connectivity index (χ3v) is 3.43. The number of nitrogens with zero attached hydrogens (tertiary/aromatic N) is 2. The molecule has 7 heteroatoms. The molecule has 0 spiro atoms. The van der Waals surface area contributed by atoms with Crippen LogP contribution in [0.2, 0.25) is 5.02 Å². The average Bonchev–Trinajstić information content (AvgIpc) is 2.42. The molecule has 0 saturated heterocycles. The SMILES string of the molecule is CCNc1ncnc(Nc2ccc(Cl)cc2Br)c1OC. The van der Waals surface area contributed by atoms with Gasteiger partial charge in [0.05, 0.1) is 12.8 Å². The maximum atomic E-state index is 5.93. The van der Waals surface area contributed by atoms with E-state index in [1.807, 2.05) is 19.1 Å². The van der Waals surface area contributed by atoms with Crippen LogP contribution in [0.15, 0.2) is 29.0 Å². The van der Waals surface area contributed by atoms with Gasteiger partial charge in [-0.25, -0.2) is 9.97 Å². The fourth-order valence-corrected chi connectivity index (χ4v) is 2.45. The van der Waals surface area contributed by atoms with E-state index in [2.05, 4.69) is 36.5 Å². The van der Waals surface area contributed by atoms with Gasteiger partial charge in [0.1, 0.15) is 6.33 Å². The van der Waals surface area contributed by atoms with Crippen molar-refractivity contribution in [3.63, 3.8) is 0 Å². The zero-order valence-electron chi connectivity index (χ0n) is 11.1. The normalized spacial score (nSPS) is 10.2. The lowest BCUT2D eigenvalue weighted by Crippen LogP contribution is -2.06. The summed E-state index contributed by atoms with van der Waals surface area (Å²) in [6, 6.07) is 5.47. The quantitative estimate of drug-likeness (QED) is 0.844. The molecule has 2 N–H and O–H groups in total. The molecule has 0 aliphatic carbocycles. The van der Waals surface area contributed by atoms with E-state index in [1.165, 1.54) is 6.33 Å². The molecule has 5 nitrogen and oxygen atoms in total. The highest BCUT2D eigenvalue weighted by molar-refractivity contribution is 9.10. The summed E-state index contributed by atoms with van der Waals surface area (Å²) in [5, 5.41) is 6.98. The van der Waals surface area contributed by atoms with E-state index in [0.717, 1.165) is 16.7 Å². The first kappa shape index (κ1) is 14.9. The second-order valence-electron chi connectivity index (χ2n) is 3.88. The number of nitrogens with one attached hydrogen (secondary N) is 2. The molecule has 0 saturated carbocycles. The number of benzene rings is 1. The van der Waals surface area contributed by atoms with Gasteiger partial charge >= 0.3 is 0 Å². The van der Waals surface area contributed by atoms with Crippen LogP contribution in [0.5, 0.6) is 5.75 Å². The molecule has 0 amide bonds. The monoisotopic (exact) mass is 356 g/mol. The second kappa shape index (κ2) is 6.76. The van der Waals surface area contributed by atoms with E-state index in [0.29, 0.717) is 22.4 Å². The summed E-state index contributed by atoms with van der Waals surface area (Å²) in [6.07, 6.45) is 1.48. The third-order valence-electron chi connectivity index (χ3n) is 2.54. The fraction of sp³-hybridized carbons (Fsp3) is 0.231.